The van der Waals surface area contributed by atoms with E-state index in [1.54, 1.807) is 0 Å². The monoisotopic (exact) mass is 234 g/mol. The summed E-state index contributed by atoms with van der Waals surface area (Å²) in [5.74, 6) is 0. The topological polar surface area (TPSA) is 3.24 Å². The molecule has 1 aliphatic heterocycles. The summed E-state index contributed by atoms with van der Waals surface area (Å²) < 4.78 is 0. The van der Waals surface area contributed by atoms with Crippen molar-refractivity contribution < 1.29 is 0 Å². The van der Waals surface area contributed by atoms with Gasteiger partial charge in [-0.05, 0) is 30.2 Å². The maximum Gasteiger partial charge on any atom is 0.0392 e. The van der Waals surface area contributed by atoms with Gasteiger partial charge >= 0.3 is 0 Å². The summed E-state index contributed by atoms with van der Waals surface area (Å²) in [5.41, 5.74) is 4.40. The SMILES string of the molecule is CN1Cc2ccccc2[C@H]1Cc1ccccc1.[B]. The van der Waals surface area contributed by atoms with E-state index in [1.165, 1.54) is 16.7 Å². The first-order chi connectivity index (χ1) is 8.34. The molecule has 89 valence electrons. The van der Waals surface area contributed by atoms with Crippen LogP contribution in [0, 0.1) is 0 Å². The Hall–Kier alpha value is -1.54. The van der Waals surface area contributed by atoms with Crippen molar-refractivity contribution in [1.29, 1.82) is 0 Å². The molecule has 0 fully saturated rings. The zero-order chi connectivity index (χ0) is 11.7. The van der Waals surface area contributed by atoms with E-state index < -0.39 is 0 Å². The Bertz CT molecular complexity index is 510. The highest BCUT2D eigenvalue weighted by molar-refractivity contribution is 5.75. The average Bonchev–Trinajstić information content (AvgIpc) is 2.68. The van der Waals surface area contributed by atoms with Crippen LogP contribution in [0.3, 0.4) is 0 Å². The molecule has 1 heterocycles. The van der Waals surface area contributed by atoms with Crippen LogP contribution in [0.25, 0.3) is 0 Å². The summed E-state index contributed by atoms with van der Waals surface area (Å²) in [7, 11) is 2.22. The highest BCUT2D eigenvalue weighted by atomic mass is 15.1. The molecule has 3 radical (unpaired) electrons. The van der Waals surface area contributed by atoms with Gasteiger partial charge in [-0.2, -0.15) is 0 Å². The van der Waals surface area contributed by atoms with Crippen molar-refractivity contribution in [1.82, 2.24) is 4.90 Å². The predicted molar refractivity (Wildman–Crippen MR) is 76.6 cm³/mol. The molecule has 2 aromatic carbocycles. The lowest BCUT2D eigenvalue weighted by molar-refractivity contribution is 0.267. The van der Waals surface area contributed by atoms with E-state index in [0.717, 1.165) is 13.0 Å². The summed E-state index contributed by atoms with van der Waals surface area (Å²) in [6.45, 7) is 1.08. The van der Waals surface area contributed by atoms with Crippen LogP contribution < -0.4 is 0 Å². The summed E-state index contributed by atoms with van der Waals surface area (Å²) in [6, 6.07) is 20.1. The van der Waals surface area contributed by atoms with E-state index in [0.29, 0.717) is 6.04 Å². The van der Waals surface area contributed by atoms with Gasteiger partial charge in [-0.1, -0.05) is 54.6 Å². The largest absolute Gasteiger partial charge is 0.295 e. The van der Waals surface area contributed by atoms with Crippen LogP contribution >= 0.6 is 0 Å². The van der Waals surface area contributed by atoms with Crippen LogP contribution in [0.4, 0.5) is 0 Å². The van der Waals surface area contributed by atoms with E-state index in [1.807, 2.05) is 0 Å². The maximum absolute atomic E-state index is 2.44. The van der Waals surface area contributed by atoms with Crippen molar-refractivity contribution in [2.24, 2.45) is 0 Å². The number of benzene rings is 2. The number of nitrogens with zero attached hydrogens (tertiary/aromatic N) is 1. The second kappa shape index (κ2) is 5.41. The van der Waals surface area contributed by atoms with E-state index in [4.69, 9.17) is 0 Å². The molecule has 1 nitrogen and oxygen atoms in total. The minimum Gasteiger partial charge on any atom is -0.295 e. The van der Waals surface area contributed by atoms with Gasteiger partial charge in [-0.25, -0.2) is 0 Å². The van der Waals surface area contributed by atoms with Crippen LogP contribution in [0.2, 0.25) is 0 Å². The zero-order valence-corrected chi connectivity index (χ0v) is 10.7. The molecule has 0 saturated heterocycles. The van der Waals surface area contributed by atoms with E-state index in [2.05, 4.69) is 66.5 Å². The highest BCUT2D eigenvalue weighted by Crippen LogP contribution is 2.34. The van der Waals surface area contributed by atoms with Crippen molar-refractivity contribution in [3.63, 3.8) is 0 Å². The average molecular weight is 234 g/mol. The smallest absolute Gasteiger partial charge is 0.0392 e. The molecule has 0 saturated carbocycles. The number of likely N-dealkylation sites (N-methyl/N-ethyl adjacent to an activating group) is 1. The summed E-state index contributed by atoms with van der Waals surface area (Å²) >= 11 is 0. The van der Waals surface area contributed by atoms with E-state index in [-0.39, 0.29) is 8.41 Å². The molecule has 18 heavy (non-hydrogen) atoms. The van der Waals surface area contributed by atoms with Gasteiger partial charge in [-0.15, -0.1) is 0 Å². The minimum absolute atomic E-state index is 0. The standard InChI is InChI=1S/C16H17N.B/c1-17-12-14-9-5-6-10-15(14)16(17)11-13-7-3-2-4-8-13;/h2-10,16H,11-12H2,1H3;/t16-;/m1./s1. The lowest BCUT2D eigenvalue weighted by Crippen LogP contribution is -2.18. The molecule has 2 heteroatoms. The lowest BCUT2D eigenvalue weighted by atomic mass is 9.98. The van der Waals surface area contributed by atoms with Crippen LogP contribution in [-0.2, 0) is 13.0 Å². The molecule has 1 atom stereocenters. The summed E-state index contributed by atoms with van der Waals surface area (Å²) in [4.78, 5) is 2.44. The summed E-state index contributed by atoms with van der Waals surface area (Å²) in [5, 5.41) is 0. The van der Waals surface area contributed by atoms with Gasteiger partial charge < -0.3 is 0 Å². The third-order valence-electron chi connectivity index (χ3n) is 3.64. The fourth-order valence-corrected chi connectivity index (χ4v) is 2.72. The highest BCUT2D eigenvalue weighted by Gasteiger charge is 2.26. The van der Waals surface area contributed by atoms with Crippen LogP contribution in [0.15, 0.2) is 54.6 Å². The Morgan fingerprint density at radius 1 is 1.00 bits per heavy atom. The first-order valence-corrected chi connectivity index (χ1v) is 6.16. The second-order valence-electron chi connectivity index (χ2n) is 4.82. The molecular formula is C16H17BN. The molecule has 0 unspecified atom stereocenters. The number of hydrogen-bond acceptors (Lipinski definition) is 1. The quantitative estimate of drug-likeness (QED) is 0.722. The number of hydrogen-bond donors (Lipinski definition) is 0. The Morgan fingerprint density at radius 3 is 2.44 bits per heavy atom. The molecule has 3 rings (SSSR count). The molecule has 0 aliphatic carbocycles. The Labute approximate surface area is 111 Å². The van der Waals surface area contributed by atoms with Gasteiger partial charge in [0.15, 0.2) is 0 Å². The Kier molecular flexibility index (Phi) is 3.88. The molecule has 0 spiro atoms. The zero-order valence-electron chi connectivity index (χ0n) is 10.7. The van der Waals surface area contributed by atoms with E-state index >= 15 is 0 Å². The van der Waals surface area contributed by atoms with Crippen molar-refractivity contribution in [3.05, 3.63) is 71.3 Å². The van der Waals surface area contributed by atoms with Gasteiger partial charge in [0.1, 0.15) is 0 Å². The Morgan fingerprint density at radius 2 is 1.67 bits per heavy atom. The predicted octanol–water partition coefficient (Wildman–Crippen LogP) is 3.04. The van der Waals surface area contributed by atoms with Crippen LogP contribution in [-0.4, -0.2) is 20.4 Å². The van der Waals surface area contributed by atoms with Crippen LogP contribution in [0.1, 0.15) is 22.7 Å². The molecule has 0 aromatic heterocycles. The molecule has 2 aromatic rings. The maximum atomic E-state index is 2.44. The van der Waals surface area contributed by atoms with E-state index in [9.17, 15) is 0 Å². The fourth-order valence-electron chi connectivity index (χ4n) is 2.72. The van der Waals surface area contributed by atoms with Gasteiger partial charge in [0, 0.05) is 21.0 Å². The Balaban J connectivity index is 0.00000120. The molecule has 1 aliphatic rings. The summed E-state index contributed by atoms with van der Waals surface area (Å²) in [6.07, 6.45) is 1.11. The molecular weight excluding hydrogens is 217 g/mol. The van der Waals surface area contributed by atoms with Crippen molar-refractivity contribution >= 4 is 8.41 Å². The van der Waals surface area contributed by atoms with Crippen molar-refractivity contribution in [2.75, 3.05) is 7.05 Å². The van der Waals surface area contributed by atoms with Gasteiger partial charge in [-0.3, -0.25) is 4.90 Å². The van der Waals surface area contributed by atoms with Gasteiger partial charge in [0.2, 0.25) is 0 Å². The molecule has 0 N–H and O–H groups in total. The first kappa shape index (κ1) is 12.9. The first-order valence-electron chi connectivity index (χ1n) is 6.16. The van der Waals surface area contributed by atoms with Crippen molar-refractivity contribution in [3.8, 4) is 0 Å². The van der Waals surface area contributed by atoms with Gasteiger partial charge in [0.05, 0.1) is 0 Å². The minimum atomic E-state index is 0. The fraction of sp³-hybridized carbons (Fsp3) is 0.250. The van der Waals surface area contributed by atoms with Crippen LogP contribution in [0.5, 0.6) is 0 Å². The third-order valence-corrected chi connectivity index (χ3v) is 3.64. The number of rotatable bonds is 2. The lowest BCUT2D eigenvalue weighted by Gasteiger charge is -2.20. The normalized spacial score (nSPS) is 18.2. The van der Waals surface area contributed by atoms with Gasteiger partial charge in [0.25, 0.3) is 0 Å². The third kappa shape index (κ3) is 2.34. The van der Waals surface area contributed by atoms with Crippen molar-refractivity contribution in [2.45, 2.75) is 19.0 Å². The molecule has 0 amide bonds. The second-order valence-corrected chi connectivity index (χ2v) is 4.82. The number of fused-ring (bicyclic) bond motifs is 1. The molecule has 0 bridgehead atoms.